The van der Waals surface area contributed by atoms with E-state index in [0.717, 1.165) is 53.4 Å². The van der Waals surface area contributed by atoms with E-state index in [1.165, 1.54) is 0 Å². The van der Waals surface area contributed by atoms with Gasteiger partial charge in [-0.05, 0) is 48.9 Å². The third-order valence-corrected chi connectivity index (χ3v) is 5.01. The summed E-state index contributed by atoms with van der Waals surface area (Å²) in [4.78, 5) is 24.1. The van der Waals surface area contributed by atoms with E-state index >= 15 is 0 Å². The maximum atomic E-state index is 12.5. The van der Waals surface area contributed by atoms with Crippen molar-refractivity contribution in [1.29, 1.82) is 0 Å². The second kappa shape index (κ2) is 10.3. The smallest absolute Gasteiger partial charge is 0.226 e. The Labute approximate surface area is 182 Å². The fraction of sp³-hybridized carbons (Fsp3) is 0.348. The van der Waals surface area contributed by atoms with E-state index in [0.29, 0.717) is 18.0 Å². The standard InChI is InChI=1S/C23H27ClN4O2/c1-4-13-28(14-12-22(29)25-17-7-9-18(30-3)10-8-17)23-19-11-6-16(24)15-20(19)26-21(5-2)27-23/h6-11,15H,4-5,12-14H2,1-3H3,(H,25,29). The van der Waals surface area contributed by atoms with Crippen molar-refractivity contribution in [3.63, 3.8) is 0 Å². The molecule has 6 nitrogen and oxygen atoms in total. The van der Waals surface area contributed by atoms with Crippen molar-refractivity contribution in [3.05, 3.63) is 53.3 Å². The number of halogens is 1. The van der Waals surface area contributed by atoms with Crippen LogP contribution >= 0.6 is 11.6 Å². The molecule has 1 amide bonds. The van der Waals surface area contributed by atoms with Gasteiger partial charge in [0.2, 0.25) is 5.91 Å². The second-order valence-electron chi connectivity index (χ2n) is 6.99. The van der Waals surface area contributed by atoms with Gasteiger partial charge in [-0.2, -0.15) is 0 Å². The number of nitrogens with one attached hydrogen (secondary N) is 1. The van der Waals surface area contributed by atoms with Gasteiger partial charge in [-0.1, -0.05) is 25.4 Å². The number of fused-ring (bicyclic) bond motifs is 1. The predicted molar refractivity (Wildman–Crippen MR) is 123 cm³/mol. The zero-order valence-electron chi connectivity index (χ0n) is 17.6. The summed E-state index contributed by atoms with van der Waals surface area (Å²) in [7, 11) is 1.62. The number of ether oxygens (including phenoxy) is 1. The first-order valence-electron chi connectivity index (χ1n) is 10.2. The number of aryl methyl sites for hydroxylation is 1. The van der Waals surface area contributed by atoms with Crippen LogP contribution < -0.4 is 15.0 Å². The lowest BCUT2D eigenvalue weighted by Gasteiger charge is -2.25. The molecule has 0 radical (unpaired) electrons. The van der Waals surface area contributed by atoms with Crippen molar-refractivity contribution >= 4 is 39.9 Å². The third kappa shape index (κ3) is 5.39. The number of nitrogens with zero attached hydrogens (tertiary/aromatic N) is 3. The van der Waals surface area contributed by atoms with Crippen molar-refractivity contribution in [2.75, 3.05) is 30.4 Å². The van der Waals surface area contributed by atoms with Crippen LogP contribution in [0.3, 0.4) is 0 Å². The molecule has 158 valence electrons. The lowest BCUT2D eigenvalue weighted by molar-refractivity contribution is -0.116. The average molecular weight is 427 g/mol. The Kier molecular flexibility index (Phi) is 7.46. The van der Waals surface area contributed by atoms with Gasteiger partial charge in [-0.15, -0.1) is 0 Å². The molecule has 0 spiro atoms. The molecular formula is C23H27ClN4O2. The molecule has 1 heterocycles. The lowest BCUT2D eigenvalue weighted by atomic mass is 10.2. The predicted octanol–water partition coefficient (Wildman–Crippen LogP) is 5.10. The number of methoxy groups -OCH3 is 1. The molecule has 0 aliphatic rings. The first-order chi connectivity index (χ1) is 14.5. The van der Waals surface area contributed by atoms with Gasteiger partial charge in [0, 0.05) is 42.0 Å². The SMILES string of the molecule is CCCN(CCC(=O)Nc1ccc(OC)cc1)c1nc(CC)nc2cc(Cl)ccc12. The zero-order chi connectivity index (χ0) is 21.5. The maximum Gasteiger partial charge on any atom is 0.226 e. The number of carbonyl (C=O) groups is 1. The van der Waals surface area contributed by atoms with Crippen molar-refractivity contribution in [2.24, 2.45) is 0 Å². The summed E-state index contributed by atoms with van der Waals surface area (Å²) in [5.74, 6) is 2.33. The van der Waals surface area contributed by atoms with E-state index in [-0.39, 0.29) is 5.91 Å². The molecule has 3 rings (SSSR count). The van der Waals surface area contributed by atoms with Gasteiger partial charge in [0.25, 0.3) is 0 Å². The summed E-state index contributed by atoms with van der Waals surface area (Å²) in [6.07, 6.45) is 2.03. The van der Waals surface area contributed by atoms with Gasteiger partial charge in [0.1, 0.15) is 17.4 Å². The topological polar surface area (TPSA) is 67.4 Å². The summed E-state index contributed by atoms with van der Waals surface area (Å²) in [6, 6.07) is 13.0. The summed E-state index contributed by atoms with van der Waals surface area (Å²) in [5.41, 5.74) is 1.58. The lowest BCUT2D eigenvalue weighted by Crippen LogP contribution is -2.30. The van der Waals surface area contributed by atoms with Gasteiger partial charge in [-0.3, -0.25) is 4.79 Å². The van der Waals surface area contributed by atoms with Gasteiger partial charge in [0.15, 0.2) is 0 Å². The monoisotopic (exact) mass is 426 g/mol. The quantitative estimate of drug-likeness (QED) is 0.515. The van der Waals surface area contributed by atoms with Crippen LogP contribution in [0.5, 0.6) is 5.75 Å². The van der Waals surface area contributed by atoms with Gasteiger partial charge >= 0.3 is 0 Å². The van der Waals surface area contributed by atoms with Crippen molar-refractivity contribution in [3.8, 4) is 5.75 Å². The molecule has 7 heteroatoms. The second-order valence-corrected chi connectivity index (χ2v) is 7.43. The molecular weight excluding hydrogens is 400 g/mol. The Balaban J connectivity index is 1.77. The van der Waals surface area contributed by atoms with Gasteiger partial charge in [0.05, 0.1) is 12.6 Å². The molecule has 0 unspecified atom stereocenters. The first-order valence-corrected chi connectivity index (χ1v) is 10.6. The van der Waals surface area contributed by atoms with Crippen LogP contribution in [0.25, 0.3) is 10.9 Å². The molecule has 1 N–H and O–H groups in total. The summed E-state index contributed by atoms with van der Waals surface area (Å²) in [6.45, 7) is 5.51. The molecule has 3 aromatic rings. The summed E-state index contributed by atoms with van der Waals surface area (Å²) >= 11 is 6.17. The van der Waals surface area contributed by atoms with E-state index in [4.69, 9.17) is 21.3 Å². The summed E-state index contributed by atoms with van der Waals surface area (Å²) < 4.78 is 5.15. The molecule has 0 atom stereocenters. The molecule has 0 saturated heterocycles. The molecule has 30 heavy (non-hydrogen) atoms. The fourth-order valence-electron chi connectivity index (χ4n) is 3.26. The molecule has 0 aliphatic carbocycles. The Bertz CT molecular complexity index is 1010. The number of hydrogen-bond acceptors (Lipinski definition) is 5. The molecule has 0 aliphatic heterocycles. The van der Waals surface area contributed by atoms with Crippen LogP contribution in [0, 0.1) is 0 Å². The molecule has 1 aromatic heterocycles. The van der Waals surface area contributed by atoms with E-state index in [1.807, 2.05) is 49.4 Å². The first kappa shape index (κ1) is 21.8. The number of benzene rings is 2. The minimum atomic E-state index is -0.0432. The van der Waals surface area contributed by atoms with Crippen LogP contribution in [0.1, 0.15) is 32.5 Å². The normalized spacial score (nSPS) is 10.8. The van der Waals surface area contributed by atoms with Crippen LogP contribution in [0.2, 0.25) is 5.02 Å². The highest BCUT2D eigenvalue weighted by molar-refractivity contribution is 6.31. The number of carbonyl (C=O) groups excluding carboxylic acids is 1. The van der Waals surface area contributed by atoms with Crippen LogP contribution in [0.15, 0.2) is 42.5 Å². The van der Waals surface area contributed by atoms with Crippen molar-refractivity contribution < 1.29 is 9.53 Å². The van der Waals surface area contributed by atoms with E-state index in [2.05, 4.69) is 22.1 Å². The van der Waals surface area contributed by atoms with E-state index in [1.54, 1.807) is 7.11 Å². The fourth-order valence-corrected chi connectivity index (χ4v) is 3.43. The largest absolute Gasteiger partial charge is 0.497 e. The highest BCUT2D eigenvalue weighted by Crippen LogP contribution is 2.27. The Hall–Kier alpha value is -2.86. The van der Waals surface area contributed by atoms with E-state index in [9.17, 15) is 4.79 Å². The average Bonchev–Trinajstić information content (AvgIpc) is 2.76. The number of aromatic nitrogens is 2. The van der Waals surface area contributed by atoms with Crippen LogP contribution in [0.4, 0.5) is 11.5 Å². The minimum absolute atomic E-state index is 0.0432. The highest BCUT2D eigenvalue weighted by Gasteiger charge is 2.16. The van der Waals surface area contributed by atoms with Crippen LogP contribution in [-0.2, 0) is 11.2 Å². The van der Waals surface area contributed by atoms with Crippen molar-refractivity contribution in [2.45, 2.75) is 33.1 Å². The highest BCUT2D eigenvalue weighted by atomic mass is 35.5. The van der Waals surface area contributed by atoms with E-state index < -0.39 is 0 Å². The minimum Gasteiger partial charge on any atom is -0.497 e. The molecule has 0 saturated carbocycles. The Morgan fingerprint density at radius 1 is 1.10 bits per heavy atom. The molecule has 0 fully saturated rings. The zero-order valence-corrected chi connectivity index (χ0v) is 18.4. The molecule has 2 aromatic carbocycles. The summed E-state index contributed by atoms with van der Waals surface area (Å²) in [5, 5.41) is 4.53. The third-order valence-electron chi connectivity index (χ3n) is 4.78. The Morgan fingerprint density at radius 2 is 1.87 bits per heavy atom. The molecule has 0 bridgehead atoms. The number of hydrogen-bond donors (Lipinski definition) is 1. The number of amides is 1. The Morgan fingerprint density at radius 3 is 2.53 bits per heavy atom. The van der Waals surface area contributed by atoms with Crippen LogP contribution in [-0.4, -0.2) is 36.1 Å². The number of anilines is 2. The van der Waals surface area contributed by atoms with Gasteiger partial charge in [-0.25, -0.2) is 9.97 Å². The van der Waals surface area contributed by atoms with Gasteiger partial charge < -0.3 is 15.0 Å². The maximum absolute atomic E-state index is 12.5. The number of rotatable bonds is 9. The van der Waals surface area contributed by atoms with Crippen molar-refractivity contribution in [1.82, 2.24) is 9.97 Å².